The summed E-state index contributed by atoms with van der Waals surface area (Å²) in [6.07, 6.45) is 1.44. The van der Waals surface area contributed by atoms with Crippen molar-refractivity contribution in [1.82, 2.24) is 4.98 Å². The normalized spacial score (nSPS) is 9.65. The van der Waals surface area contributed by atoms with Gasteiger partial charge in [-0.15, -0.1) is 0 Å². The molecule has 0 amide bonds. The summed E-state index contributed by atoms with van der Waals surface area (Å²) < 4.78 is 12.6. The number of hydrogen-bond donors (Lipinski definition) is 1. The summed E-state index contributed by atoms with van der Waals surface area (Å²) in [5, 5.41) is 11.8. The Labute approximate surface area is 98.5 Å². The molecular formula is C13H10FN3. The van der Waals surface area contributed by atoms with Crippen molar-refractivity contribution in [2.24, 2.45) is 0 Å². The zero-order chi connectivity index (χ0) is 12.1. The van der Waals surface area contributed by atoms with Gasteiger partial charge < -0.3 is 5.32 Å². The molecule has 0 aliphatic heterocycles. The third kappa shape index (κ3) is 3.02. The van der Waals surface area contributed by atoms with Gasteiger partial charge in [0.05, 0.1) is 23.5 Å². The second kappa shape index (κ2) is 5.08. The van der Waals surface area contributed by atoms with Crippen molar-refractivity contribution in [3.63, 3.8) is 0 Å². The van der Waals surface area contributed by atoms with Gasteiger partial charge in [-0.1, -0.05) is 12.1 Å². The molecule has 0 spiro atoms. The quantitative estimate of drug-likeness (QED) is 0.820. The fraction of sp³-hybridized carbons (Fsp3) is 0.0769. The van der Waals surface area contributed by atoms with Crippen molar-refractivity contribution in [3.8, 4) is 6.07 Å². The zero-order valence-corrected chi connectivity index (χ0v) is 9.02. The first-order valence-electron chi connectivity index (χ1n) is 5.12. The number of benzene rings is 1. The van der Waals surface area contributed by atoms with Crippen LogP contribution < -0.4 is 5.32 Å². The van der Waals surface area contributed by atoms with E-state index in [0.717, 1.165) is 11.3 Å². The van der Waals surface area contributed by atoms with Crippen LogP contribution in [-0.2, 0) is 6.54 Å². The summed E-state index contributed by atoms with van der Waals surface area (Å²) in [6, 6.07) is 12.3. The lowest BCUT2D eigenvalue weighted by Gasteiger charge is -2.05. The van der Waals surface area contributed by atoms with Crippen LogP contribution in [0.2, 0.25) is 0 Å². The van der Waals surface area contributed by atoms with Gasteiger partial charge in [0.15, 0.2) is 0 Å². The molecular weight excluding hydrogens is 217 g/mol. The number of hydrogen-bond acceptors (Lipinski definition) is 3. The Morgan fingerprint density at radius 3 is 2.53 bits per heavy atom. The predicted octanol–water partition coefficient (Wildman–Crippen LogP) is 2.70. The average molecular weight is 227 g/mol. The highest BCUT2D eigenvalue weighted by atomic mass is 19.1. The first-order valence-corrected chi connectivity index (χ1v) is 5.12. The van der Waals surface area contributed by atoms with Crippen LogP contribution in [0.5, 0.6) is 0 Å². The molecule has 0 atom stereocenters. The Bertz CT molecular complexity index is 526. The molecule has 0 aliphatic rings. The number of pyridine rings is 1. The van der Waals surface area contributed by atoms with E-state index in [-0.39, 0.29) is 0 Å². The molecule has 3 nitrogen and oxygen atoms in total. The van der Waals surface area contributed by atoms with Gasteiger partial charge in [0, 0.05) is 6.54 Å². The largest absolute Gasteiger partial charge is 0.380 e. The minimum atomic E-state index is -0.492. The third-order valence-corrected chi connectivity index (χ3v) is 2.31. The minimum absolute atomic E-state index is 0.492. The lowest BCUT2D eigenvalue weighted by molar-refractivity contribution is 0.584. The summed E-state index contributed by atoms with van der Waals surface area (Å²) in [5.74, 6) is -0.492. The SMILES string of the molecule is N#Cc1ccc(CNc2ccc(F)nc2)cc1. The van der Waals surface area contributed by atoms with Gasteiger partial charge in [-0.05, 0) is 29.8 Å². The minimum Gasteiger partial charge on any atom is -0.380 e. The van der Waals surface area contributed by atoms with Crippen LogP contribution in [0.15, 0.2) is 42.6 Å². The number of nitriles is 1. The van der Waals surface area contributed by atoms with E-state index in [9.17, 15) is 4.39 Å². The number of nitrogens with zero attached hydrogens (tertiary/aromatic N) is 2. The molecule has 17 heavy (non-hydrogen) atoms. The van der Waals surface area contributed by atoms with Gasteiger partial charge in [-0.2, -0.15) is 9.65 Å². The molecule has 2 aromatic rings. The number of anilines is 1. The van der Waals surface area contributed by atoms with E-state index in [2.05, 4.69) is 16.4 Å². The molecule has 2 rings (SSSR count). The van der Waals surface area contributed by atoms with Crippen LogP contribution in [-0.4, -0.2) is 4.98 Å². The lowest BCUT2D eigenvalue weighted by Crippen LogP contribution is -1.99. The van der Waals surface area contributed by atoms with Crippen molar-refractivity contribution < 1.29 is 4.39 Å². The highest BCUT2D eigenvalue weighted by Crippen LogP contribution is 2.09. The van der Waals surface area contributed by atoms with Crippen LogP contribution in [0.1, 0.15) is 11.1 Å². The lowest BCUT2D eigenvalue weighted by atomic mass is 10.1. The third-order valence-electron chi connectivity index (χ3n) is 2.31. The van der Waals surface area contributed by atoms with Crippen molar-refractivity contribution in [3.05, 3.63) is 59.7 Å². The first-order chi connectivity index (χ1) is 8.28. The van der Waals surface area contributed by atoms with E-state index in [1.54, 1.807) is 18.2 Å². The summed E-state index contributed by atoms with van der Waals surface area (Å²) in [7, 11) is 0. The fourth-order valence-corrected chi connectivity index (χ4v) is 1.38. The molecule has 1 aromatic heterocycles. The van der Waals surface area contributed by atoms with Crippen LogP contribution >= 0.6 is 0 Å². The molecule has 0 saturated heterocycles. The molecule has 1 aromatic carbocycles. The second-order valence-corrected chi connectivity index (χ2v) is 3.53. The van der Waals surface area contributed by atoms with Gasteiger partial charge in [-0.3, -0.25) is 0 Å². The Morgan fingerprint density at radius 2 is 1.94 bits per heavy atom. The number of halogens is 1. The fourth-order valence-electron chi connectivity index (χ4n) is 1.38. The smallest absolute Gasteiger partial charge is 0.212 e. The number of aromatic nitrogens is 1. The number of rotatable bonds is 3. The van der Waals surface area contributed by atoms with Crippen LogP contribution in [0.3, 0.4) is 0 Å². The van der Waals surface area contributed by atoms with E-state index < -0.39 is 5.95 Å². The number of nitrogens with one attached hydrogen (secondary N) is 1. The topological polar surface area (TPSA) is 48.7 Å². The van der Waals surface area contributed by atoms with E-state index in [1.165, 1.54) is 12.3 Å². The first kappa shape index (κ1) is 11.1. The molecule has 0 bridgehead atoms. The van der Waals surface area contributed by atoms with Crippen molar-refractivity contribution in [2.45, 2.75) is 6.54 Å². The van der Waals surface area contributed by atoms with Crippen molar-refractivity contribution in [1.29, 1.82) is 5.26 Å². The van der Waals surface area contributed by atoms with Crippen molar-refractivity contribution >= 4 is 5.69 Å². The maximum Gasteiger partial charge on any atom is 0.212 e. The maximum absolute atomic E-state index is 12.6. The molecule has 0 saturated carbocycles. The molecule has 0 radical (unpaired) electrons. The molecule has 1 heterocycles. The molecule has 84 valence electrons. The standard InChI is InChI=1S/C13H10FN3/c14-13-6-5-12(9-17-13)16-8-11-3-1-10(7-15)2-4-11/h1-6,9,16H,8H2. The van der Waals surface area contributed by atoms with Gasteiger partial charge in [0.2, 0.25) is 5.95 Å². The molecule has 0 fully saturated rings. The Morgan fingerprint density at radius 1 is 1.18 bits per heavy atom. The summed E-state index contributed by atoms with van der Waals surface area (Å²) in [4.78, 5) is 3.55. The molecule has 0 aliphatic carbocycles. The highest BCUT2D eigenvalue weighted by molar-refractivity contribution is 5.41. The van der Waals surface area contributed by atoms with Crippen LogP contribution in [0, 0.1) is 17.3 Å². The van der Waals surface area contributed by atoms with Crippen molar-refractivity contribution in [2.75, 3.05) is 5.32 Å². The maximum atomic E-state index is 12.6. The Balaban J connectivity index is 1.98. The Hall–Kier alpha value is -2.41. The van der Waals surface area contributed by atoms with Gasteiger partial charge >= 0.3 is 0 Å². The van der Waals surface area contributed by atoms with E-state index in [1.807, 2.05) is 12.1 Å². The average Bonchev–Trinajstić information content (AvgIpc) is 2.39. The van der Waals surface area contributed by atoms with E-state index in [0.29, 0.717) is 12.1 Å². The molecule has 1 N–H and O–H groups in total. The predicted molar refractivity (Wildman–Crippen MR) is 62.7 cm³/mol. The van der Waals surface area contributed by atoms with Gasteiger partial charge in [0.1, 0.15) is 0 Å². The van der Waals surface area contributed by atoms with Crippen LogP contribution in [0.25, 0.3) is 0 Å². The van der Waals surface area contributed by atoms with E-state index in [4.69, 9.17) is 5.26 Å². The van der Waals surface area contributed by atoms with Gasteiger partial charge in [-0.25, -0.2) is 4.98 Å². The van der Waals surface area contributed by atoms with E-state index >= 15 is 0 Å². The zero-order valence-electron chi connectivity index (χ0n) is 9.02. The summed E-state index contributed by atoms with van der Waals surface area (Å²) in [6.45, 7) is 0.610. The molecule has 0 unspecified atom stereocenters. The molecule has 4 heteroatoms. The Kier molecular flexibility index (Phi) is 3.31. The van der Waals surface area contributed by atoms with Gasteiger partial charge in [0.25, 0.3) is 0 Å². The highest BCUT2D eigenvalue weighted by Gasteiger charge is 1.96. The van der Waals surface area contributed by atoms with Crippen LogP contribution in [0.4, 0.5) is 10.1 Å². The monoisotopic (exact) mass is 227 g/mol. The summed E-state index contributed by atoms with van der Waals surface area (Å²) in [5.41, 5.74) is 2.45. The summed E-state index contributed by atoms with van der Waals surface area (Å²) >= 11 is 0. The second-order valence-electron chi connectivity index (χ2n) is 3.53.